The van der Waals surface area contributed by atoms with Gasteiger partial charge in [-0.05, 0) is 67.6 Å². The summed E-state index contributed by atoms with van der Waals surface area (Å²) >= 11 is 1.46. The first-order valence-electron chi connectivity index (χ1n) is 11.5. The number of ketones is 1. The number of hydrogen-bond donors (Lipinski definition) is 0. The fraction of sp³-hybridized carbons (Fsp3) is 0.400. The zero-order valence-corrected chi connectivity index (χ0v) is 19.1. The molecule has 3 aliphatic rings. The molecule has 1 saturated carbocycles. The van der Waals surface area contributed by atoms with Gasteiger partial charge in [-0.25, -0.2) is 0 Å². The zero-order valence-electron chi connectivity index (χ0n) is 18.3. The van der Waals surface area contributed by atoms with Crippen LogP contribution in [0.1, 0.15) is 47.6 Å². The molecule has 8 heteroatoms. The Hall–Kier alpha value is -3.00. The maximum atomic E-state index is 12.9. The highest BCUT2D eigenvalue weighted by molar-refractivity contribution is 7.99. The van der Waals surface area contributed by atoms with Crippen molar-refractivity contribution < 1.29 is 19.0 Å². The average molecular weight is 464 g/mol. The maximum Gasteiger partial charge on any atom is 0.192 e. The predicted molar refractivity (Wildman–Crippen MR) is 125 cm³/mol. The van der Waals surface area contributed by atoms with E-state index in [2.05, 4.69) is 14.8 Å². The SMILES string of the molecule is O=C(CSc1nnc(-c2ccc3c(c2)OCCCO3)n1C1CC1)c1ccc2c(c1)CCCO2. The molecule has 33 heavy (non-hydrogen) atoms. The number of aromatic nitrogens is 3. The van der Waals surface area contributed by atoms with Crippen LogP contribution in [0.5, 0.6) is 17.2 Å². The topological polar surface area (TPSA) is 75.5 Å². The Morgan fingerprint density at radius 1 is 0.939 bits per heavy atom. The van der Waals surface area contributed by atoms with Gasteiger partial charge in [-0.15, -0.1) is 10.2 Å². The van der Waals surface area contributed by atoms with Gasteiger partial charge in [0.2, 0.25) is 0 Å². The summed E-state index contributed by atoms with van der Waals surface area (Å²) in [5.41, 5.74) is 2.80. The van der Waals surface area contributed by atoms with Crippen LogP contribution in [-0.4, -0.2) is 46.1 Å². The quantitative estimate of drug-likeness (QED) is 0.386. The van der Waals surface area contributed by atoms with Gasteiger partial charge in [0.1, 0.15) is 5.75 Å². The van der Waals surface area contributed by atoms with Crippen LogP contribution in [0.2, 0.25) is 0 Å². The van der Waals surface area contributed by atoms with Crippen LogP contribution in [0.4, 0.5) is 0 Å². The van der Waals surface area contributed by atoms with Gasteiger partial charge in [-0.2, -0.15) is 0 Å². The zero-order chi connectivity index (χ0) is 22.2. The van der Waals surface area contributed by atoms with Crippen LogP contribution < -0.4 is 14.2 Å². The molecule has 0 atom stereocenters. The van der Waals surface area contributed by atoms with Crippen molar-refractivity contribution in [1.29, 1.82) is 0 Å². The highest BCUT2D eigenvalue weighted by atomic mass is 32.2. The number of Topliss-reactive ketones (excluding diaryl/α,β-unsaturated/α-hetero) is 1. The molecule has 6 rings (SSSR count). The second kappa shape index (κ2) is 8.74. The molecule has 1 aromatic heterocycles. The third kappa shape index (κ3) is 4.19. The second-order valence-electron chi connectivity index (χ2n) is 8.61. The number of rotatable bonds is 6. The van der Waals surface area contributed by atoms with E-state index >= 15 is 0 Å². The molecule has 0 radical (unpaired) electrons. The average Bonchev–Trinajstić information content (AvgIpc) is 3.65. The van der Waals surface area contributed by atoms with E-state index in [0.717, 1.165) is 83.6 Å². The van der Waals surface area contributed by atoms with E-state index in [9.17, 15) is 4.79 Å². The smallest absolute Gasteiger partial charge is 0.192 e. The lowest BCUT2D eigenvalue weighted by Crippen LogP contribution is -2.10. The molecular weight excluding hydrogens is 438 g/mol. The summed E-state index contributed by atoms with van der Waals surface area (Å²) < 4.78 is 19.5. The first kappa shape index (κ1) is 20.6. The maximum absolute atomic E-state index is 12.9. The Labute approximate surface area is 196 Å². The largest absolute Gasteiger partial charge is 0.493 e. The molecule has 7 nitrogen and oxygen atoms in total. The normalized spacial score (nSPS) is 17.1. The number of hydrogen-bond acceptors (Lipinski definition) is 7. The van der Waals surface area contributed by atoms with E-state index < -0.39 is 0 Å². The minimum atomic E-state index is 0.0934. The predicted octanol–water partition coefficient (Wildman–Crippen LogP) is 4.74. The lowest BCUT2D eigenvalue weighted by molar-refractivity contribution is 0.102. The van der Waals surface area contributed by atoms with Crippen LogP contribution >= 0.6 is 11.8 Å². The molecule has 2 aliphatic heterocycles. The van der Waals surface area contributed by atoms with E-state index in [0.29, 0.717) is 25.0 Å². The number of ether oxygens (including phenoxy) is 3. The van der Waals surface area contributed by atoms with Crippen molar-refractivity contribution in [2.45, 2.75) is 43.3 Å². The minimum absolute atomic E-state index is 0.0934. The molecule has 0 amide bonds. The molecular formula is C25H25N3O4S. The van der Waals surface area contributed by atoms with E-state index in [1.165, 1.54) is 11.8 Å². The van der Waals surface area contributed by atoms with Crippen LogP contribution in [0.15, 0.2) is 41.6 Å². The summed E-state index contributed by atoms with van der Waals surface area (Å²) in [5.74, 6) is 3.65. The lowest BCUT2D eigenvalue weighted by atomic mass is 10.0. The molecule has 2 aromatic carbocycles. The second-order valence-corrected chi connectivity index (χ2v) is 9.55. The van der Waals surface area contributed by atoms with Gasteiger partial charge < -0.3 is 14.2 Å². The molecule has 170 valence electrons. The highest BCUT2D eigenvalue weighted by Gasteiger charge is 2.31. The van der Waals surface area contributed by atoms with Crippen molar-refractivity contribution in [3.8, 4) is 28.6 Å². The van der Waals surface area contributed by atoms with Gasteiger partial charge in [-0.1, -0.05) is 11.8 Å². The van der Waals surface area contributed by atoms with Gasteiger partial charge in [0, 0.05) is 23.6 Å². The van der Waals surface area contributed by atoms with Gasteiger partial charge >= 0.3 is 0 Å². The Balaban J connectivity index is 1.22. The fourth-order valence-corrected chi connectivity index (χ4v) is 5.18. The van der Waals surface area contributed by atoms with Crippen molar-refractivity contribution in [2.75, 3.05) is 25.6 Å². The summed E-state index contributed by atoms with van der Waals surface area (Å²) in [6.45, 7) is 2.05. The molecule has 1 aliphatic carbocycles. The summed E-state index contributed by atoms with van der Waals surface area (Å²) in [4.78, 5) is 12.9. The summed E-state index contributed by atoms with van der Waals surface area (Å²) in [5, 5.41) is 9.73. The summed E-state index contributed by atoms with van der Waals surface area (Å²) in [6, 6.07) is 12.1. The van der Waals surface area contributed by atoms with E-state index in [4.69, 9.17) is 14.2 Å². The number of aryl methyl sites for hydroxylation is 1. The first-order chi connectivity index (χ1) is 16.3. The molecule has 3 aromatic rings. The van der Waals surface area contributed by atoms with Gasteiger partial charge in [0.25, 0.3) is 0 Å². The van der Waals surface area contributed by atoms with E-state index in [1.54, 1.807) is 0 Å². The van der Waals surface area contributed by atoms with Gasteiger partial charge in [-0.3, -0.25) is 9.36 Å². The van der Waals surface area contributed by atoms with Crippen molar-refractivity contribution in [3.63, 3.8) is 0 Å². The number of thioether (sulfide) groups is 1. The Kier molecular flexibility index (Phi) is 5.46. The summed E-state index contributed by atoms with van der Waals surface area (Å²) in [6.07, 6.45) is 5.02. The van der Waals surface area contributed by atoms with Crippen molar-refractivity contribution in [1.82, 2.24) is 14.8 Å². The highest BCUT2D eigenvalue weighted by Crippen LogP contribution is 2.42. The monoisotopic (exact) mass is 463 g/mol. The Morgan fingerprint density at radius 3 is 2.61 bits per heavy atom. The lowest BCUT2D eigenvalue weighted by Gasteiger charge is -2.17. The standard InChI is InChI=1S/C25H25N3O4S/c29-20(16-4-8-21-17(13-16)3-1-10-30-21)15-33-25-27-26-24(28(25)19-6-7-19)18-5-9-22-23(14-18)32-12-2-11-31-22/h4-5,8-9,13-14,19H,1-3,6-7,10-12,15H2. The molecule has 3 heterocycles. The van der Waals surface area contributed by atoms with E-state index in [1.807, 2.05) is 36.4 Å². The number of benzene rings is 2. The minimum Gasteiger partial charge on any atom is -0.493 e. The van der Waals surface area contributed by atoms with Gasteiger partial charge in [0.15, 0.2) is 28.3 Å². The van der Waals surface area contributed by atoms with Crippen molar-refractivity contribution >= 4 is 17.5 Å². The van der Waals surface area contributed by atoms with Gasteiger partial charge in [0.05, 0.1) is 25.6 Å². The number of fused-ring (bicyclic) bond motifs is 2. The van der Waals surface area contributed by atoms with E-state index in [-0.39, 0.29) is 5.78 Å². The fourth-order valence-electron chi connectivity index (χ4n) is 4.28. The third-order valence-electron chi connectivity index (χ3n) is 6.15. The Bertz CT molecular complexity index is 1200. The van der Waals surface area contributed by atoms with Crippen molar-refractivity contribution in [2.24, 2.45) is 0 Å². The summed E-state index contributed by atoms with van der Waals surface area (Å²) in [7, 11) is 0. The first-order valence-corrected chi connectivity index (χ1v) is 12.5. The van der Waals surface area contributed by atoms with Crippen LogP contribution in [0.25, 0.3) is 11.4 Å². The number of nitrogens with zero attached hydrogens (tertiary/aromatic N) is 3. The number of carbonyl (C=O) groups is 1. The molecule has 1 fully saturated rings. The molecule has 0 unspecified atom stereocenters. The third-order valence-corrected chi connectivity index (χ3v) is 7.09. The number of carbonyl (C=O) groups excluding carboxylic acids is 1. The molecule has 0 N–H and O–H groups in total. The Morgan fingerprint density at radius 2 is 1.73 bits per heavy atom. The van der Waals surface area contributed by atoms with Crippen LogP contribution in [-0.2, 0) is 6.42 Å². The molecule has 0 saturated heterocycles. The molecule has 0 spiro atoms. The van der Waals surface area contributed by atoms with Crippen LogP contribution in [0.3, 0.4) is 0 Å². The molecule has 0 bridgehead atoms. The van der Waals surface area contributed by atoms with Crippen molar-refractivity contribution in [3.05, 3.63) is 47.5 Å². The van der Waals surface area contributed by atoms with Crippen LogP contribution in [0, 0.1) is 0 Å².